The summed E-state index contributed by atoms with van der Waals surface area (Å²) >= 11 is 6.66. The molecule has 0 amide bonds. The van der Waals surface area contributed by atoms with Crippen LogP contribution in [0.2, 0.25) is 0 Å². The summed E-state index contributed by atoms with van der Waals surface area (Å²) in [6.07, 6.45) is 0. The first-order valence-electron chi connectivity index (χ1n) is 2.65. The van der Waals surface area contributed by atoms with Crippen molar-refractivity contribution in [1.29, 1.82) is 0 Å². The molecule has 1 rings (SSSR count). The van der Waals surface area contributed by atoms with E-state index >= 15 is 0 Å². The molecule has 54 valence electrons. The predicted octanol–water partition coefficient (Wildman–Crippen LogP) is 2.50. The zero-order chi connectivity index (χ0) is 7.56. The first-order chi connectivity index (χ1) is 4.74. The molecule has 0 radical (unpaired) electrons. The van der Waals surface area contributed by atoms with Crippen molar-refractivity contribution in [2.45, 2.75) is 0 Å². The highest BCUT2D eigenvalue weighted by atomic mass is 79.9. The van der Waals surface area contributed by atoms with Gasteiger partial charge in [-0.1, -0.05) is 15.9 Å². The topological polar surface area (TPSA) is 38.0 Å². The summed E-state index contributed by atoms with van der Waals surface area (Å²) in [5.41, 5.74) is 3.43. The van der Waals surface area contributed by atoms with E-state index in [4.69, 9.17) is 5.84 Å². The Kier molecular flexibility index (Phi) is 2.71. The number of anilines is 1. The number of nitrogen functional groups attached to an aromatic ring is 1. The van der Waals surface area contributed by atoms with Gasteiger partial charge < -0.3 is 5.43 Å². The van der Waals surface area contributed by atoms with Crippen molar-refractivity contribution in [3.8, 4) is 0 Å². The predicted molar refractivity (Wildman–Crippen MR) is 49.7 cm³/mol. The Morgan fingerprint density at radius 2 is 2.00 bits per heavy atom. The van der Waals surface area contributed by atoms with Crippen molar-refractivity contribution in [3.63, 3.8) is 0 Å². The van der Waals surface area contributed by atoms with Crippen LogP contribution in [0.5, 0.6) is 0 Å². The van der Waals surface area contributed by atoms with Crippen molar-refractivity contribution in [2.75, 3.05) is 5.43 Å². The minimum atomic E-state index is 0.878. The van der Waals surface area contributed by atoms with E-state index in [1.165, 1.54) is 0 Å². The van der Waals surface area contributed by atoms with Gasteiger partial charge in [0.2, 0.25) is 0 Å². The fourth-order valence-electron chi connectivity index (χ4n) is 0.607. The second kappa shape index (κ2) is 3.37. The van der Waals surface area contributed by atoms with Gasteiger partial charge >= 0.3 is 0 Å². The maximum absolute atomic E-state index is 5.21. The second-order valence-corrected chi connectivity index (χ2v) is 3.54. The van der Waals surface area contributed by atoms with Crippen LogP contribution >= 0.6 is 31.9 Å². The summed E-state index contributed by atoms with van der Waals surface area (Å²) in [5.74, 6) is 5.21. The Morgan fingerprint density at radius 3 is 2.50 bits per heavy atom. The maximum atomic E-state index is 5.21. The minimum Gasteiger partial charge on any atom is -0.323 e. The molecule has 0 aliphatic rings. The summed E-state index contributed by atoms with van der Waals surface area (Å²) < 4.78 is 1.97. The lowest BCUT2D eigenvalue weighted by atomic mass is 10.3. The van der Waals surface area contributed by atoms with Crippen LogP contribution in [-0.2, 0) is 0 Å². The molecule has 0 bridgehead atoms. The lowest BCUT2D eigenvalue weighted by Gasteiger charge is -2.01. The van der Waals surface area contributed by atoms with E-state index in [1.807, 2.05) is 18.2 Å². The fraction of sp³-hybridized carbons (Fsp3) is 0. The van der Waals surface area contributed by atoms with Crippen LogP contribution in [0.3, 0.4) is 0 Å². The van der Waals surface area contributed by atoms with E-state index in [0.717, 1.165) is 14.6 Å². The third-order valence-electron chi connectivity index (χ3n) is 1.09. The standard InChI is InChI=1S/C6H6Br2N2/c7-4-1-2-6(10-9)5(8)3-4/h1-3,10H,9H2. The Morgan fingerprint density at radius 1 is 1.30 bits per heavy atom. The van der Waals surface area contributed by atoms with E-state index in [-0.39, 0.29) is 0 Å². The highest BCUT2D eigenvalue weighted by Crippen LogP contribution is 2.24. The summed E-state index contributed by atoms with van der Waals surface area (Å²) in [7, 11) is 0. The summed E-state index contributed by atoms with van der Waals surface area (Å²) in [6.45, 7) is 0. The zero-order valence-electron chi connectivity index (χ0n) is 5.07. The minimum absolute atomic E-state index is 0.878. The van der Waals surface area contributed by atoms with Crippen molar-refractivity contribution in [2.24, 2.45) is 5.84 Å². The molecular weight excluding hydrogens is 260 g/mol. The van der Waals surface area contributed by atoms with E-state index in [1.54, 1.807) is 0 Å². The molecule has 0 aliphatic heterocycles. The Hall–Kier alpha value is -0.0600. The van der Waals surface area contributed by atoms with Gasteiger partial charge in [-0.3, -0.25) is 5.84 Å². The Labute approximate surface area is 76.0 Å². The normalized spacial score (nSPS) is 9.50. The van der Waals surface area contributed by atoms with Crippen LogP contribution in [-0.4, -0.2) is 0 Å². The smallest absolute Gasteiger partial charge is 0.0628 e. The van der Waals surface area contributed by atoms with Gasteiger partial charge in [-0.15, -0.1) is 0 Å². The average molecular weight is 266 g/mol. The average Bonchev–Trinajstić information content (AvgIpc) is 1.88. The second-order valence-electron chi connectivity index (χ2n) is 1.77. The molecule has 1 aromatic rings. The van der Waals surface area contributed by atoms with E-state index in [9.17, 15) is 0 Å². The van der Waals surface area contributed by atoms with Gasteiger partial charge in [0, 0.05) is 8.95 Å². The lowest BCUT2D eigenvalue weighted by molar-refractivity contribution is 1.34. The number of nitrogens with two attached hydrogens (primary N) is 1. The molecule has 4 heteroatoms. The Bertz CT molecular complexity index is 237. The molecule has 0 unspecified atom stereocenters. The van der Waals surface area contributed by atoms with E-state index < -0.39 is 0 Å². The number of rotatable bonds is 1. The SMILES string of the molecule is NNc1ccc(Br)cc1Br. The van der Waals surface area contributed by atoms with Crippen LogP contribution in [0.4, 0.5) is 5.69 Å². The van der Waals surface area contributed by atoms with Crippen molar-refractivity contribution in [3.05, 3.63) is 27.1 Å². The molecule has 0 atom stereocenters. The number of hydrazine groups is 1. The third kappa shape index (κ3) is 1.71. The van der Waals surface area contributed by atoms with Crippen LogP contribution in [0.15, 0.2) is 27.1 Å². The van der Waals surface area contributed by atoms with Gasteiger partial charge in [-0.25, -0.2) is 0 Å². The summed E-state index contributed by atoms with van der Waals surface area (Å²) in [4.78, 5) is 0. The molecule has 0 fully saturated rings. The number of hydrogen-bond acceptors (Lipinski definition) is 2. The molecule has 0 aromatic heterocycles. The molecule has 0 spiro atoms. The molecule has 10 heavy (non-hydrogen) atoms. The van der Waals surface area contributed by atoms with Gasteiger partial charge in [0.1, 0.15) is 0 Å². The van der Waals surface area contributed by atoms with Gasteiger partial charge in [0.05, 0.1) is 5.69 Å². The Balaban J connectivity index is 3.07. The first-order valence-corrected chi connectivity index (χ1v) is 4.24. The van der Waals surface area contributed by atoms with Gasteiger partial charge in [-0.05, 0) is 34.1 Å². The molecule has 0 saturated carbocycles. The quantitative estimate of drug-likeness (QED) is 0.605. The maximum Gasteiger partial charge on any atom is 0.0628 e. The highest BCUT2D eigenvalue weighted by molar-refractivity contribution is 9.11. The summed E-state index contributed by atoms with van der Waals surface area (Å²) in [6, 6.07) is 5.73. The first kappa shape index (κ1) is 8.04. The fourth-order valence-corrected chi connectivity index (χ4v) is 1.77. The monoisotopic (exact) mass is 264 g/mol. The molecule has 0 aliphatic carbocycles. The van der Waals surface area contributed by atoms with E-state index in [0.29, 0.717) is 0 Å². The van der Waals surface area contributed by atoms with Crippen LogP contribution in [0.1, 0.15) is 0 Å². The van der Waals surface area contributed by atoms with E-state index in [2.05, 4.69) is 37.3 Å². The van der Waals surface area contributed by atoms with Gasteiger partial charge in [0.25, 0.3) is 0 Å². The molecule has 0 heterocycles. The highest BCUT2D eigenvalue weighted by Gasteiger charge is 1.95. The van der Waals surface area contributed by atoms with Crippen molar-refractivity contribution >= 4 is 37.5 Å². The lowest BCUT2D eigenvalue weighted by Crippen LogP contribution is -2.06. The summed E-state index contributed by atoms with van der Waals surface area (Å²) in [5, 5.41) is 0. The largest absolute Gasteiger partial charge is 0.323 e. The molecule has 0 saturated heterocycles. The van der Waals surface area contributed by atoms with Crippen LogP contribution in [0, 0.1) is 0 Å². The number of nitrogens with one attached hydrogen (secondary N) is 1. The molecule has 1 aromatic carbocycles. The van der Waals surface area contributed by atoms with Gasteiger partial charge in [-0.2, -0.15) is 0 Å². The number of hydrogen-bond donors (Lipinski definition) is 2. The third-order valence-corrected chi connectivity index (χ3v) is 2.24. The van der Waals surface area contributed by atoms with Gasteiger partial charge in [0.15, 0.2) is 0 Å². The molecular formula is C6H6Br2N2. The number of halogens is 2. The molecule has 3 N–H and O–H groups in total. The van der Waals surface area contributed by atoms with Crippen molar-refractivity contribution in [1.82, 2.24) is 0 Å². The molecule has 2 nitrogen and oxygen atoms in total. The van der Waals surface area contributed by atoms with Crippen LogP contribution < -0.4 is 11.3 Å². The zero-order valence-corrected chi connectivity index (χ0v) is 8.24. The number of benzene rings is 1. The van der Waals surface area contributed by atoms with Crippen molar-refractivity contribution < 1.29 is 0 Å². The van der Waals surface area contributed by atoms with Crippen LogP contribution in [0.25, 0.3) is 0 Å².